The number of aliphatic hydroxyl groups excluding tert-OH is 1. The van der Waals surface area contributed by atoms with Crippen LogP contribution in [0, 0.1) is 0 Å². The molecule has 1 heterocycles. The van der Waals surface area contributed by atoms with E-state index in [9.17, 15) is 9.90 Å². The molecule has 0 fully saturated rings. The molecule has 0 saturated carbocycles. The fraction of sp³-hybridized carbons (Fsp3) is 0.375. The zero-order valence-electron chi connectivity index (χ0n) is 12.9. The molecule has 0 aliphatic rings. The molecular weight excluding hydrogens is 302 g/mol. The van der Waals surface area contributed by atoms with Crippen LogP contribution in [0.2, 0.25) is 5.02 Å². The third kappa shape index (κ3) is 4.08. The van der Waals surface area contributed by atoms with Gasteiger partial charge >= 0.3 is 0 Å². The Kier molecular flexibility index (Phi) is 4.88. The Bertz CT molecular complexity index is 644. The standard InChI is InChI=1S/C16H20ClN3O2/c1-16(2,3)14-8-12(19-20-14)15(22)18-9-13(21)10-4-6-11(17)7-5-10/h4-8,13,21H,9H2,1-3H3,(H,18,22)(H,19,20). The van der Waals surface area contributed by atoms with E-state index in [4.69, 9.17) is 11.6 Å². The fourth-order valence-electron chi connectivity index (χ4n) is 1.90. The number of hydrogen-bond donors (Lipinski definition) is 3. The number of hydrogen-bond acceptors (Lipinski definition) is 3. The van der Waals surface area contributed by atoms with Crippen LogP contribution < -0.4 is 5.32 Å². The number of H-pyrrole nitrogens is 1. The van der Waals surface area contributed by atoms with Gasteiger partial charge in [0.1, 0.15) is 5.69 Å². The lowest BCUT2D eigenvalue weighted by atomic mass is 9.92. The summed E-state index contributed by atoms with van der Waals surface area (Å²) in [6.07, 6.45) is -0.790. The minimum atomic E-state index is -0.790. The van der Waals surface area contributed by atoms with Crippen molar-refractivity contribution in [1.82, 2.24) is 15.5 Å². The predicted molar refractivity (Wildman–Crippen MR) is 86.0 cm³/mol. The summed E-state index contributed by atoms with van der Waals surface area (Å²) in [6.45, 7) is 6.21. The molecule has 2 aromatic rings. The number of benzene rings is 1. The average Bonchev–Trinajstić information content (AvgIpc) is 2.95. The SMILES string of the molecule is CC(C)(C)c1cc(C(=O)NCC(O)c2ccc(Cl)cc2)n[nH]1. The number of rotatable bonds is 4. The zero-order chi connectivity index (χ0) is 16.3. The van der Waals surface area contributed by atoms with Gasteiger partial charge in [-0.25, -0.2) is 0 Å². The first-order valence-electron chi connectivity index (χ1n) is 7.05. The van der Waals surface area contributed by atoms with Crippen molar-refractivity contribution in [3.8, 4) is 0 Å². The molecule has 1 atom stereocenters. The predicted octanol–water partition coefficient (Wildman–Crippen LogP) is 2.82. The van der Waals surface area contributed by atoms with E-state index in [0.29, 0.717) is 16.3 Å². The molecule has 2 rings (SSSR count). The Morgan fingerprint density at radius 2 is 2.00 bits per heavy atom. The van der Waals surface area contributed by atoms with Crippen molar-refractivity contribution in [2.45, 2.75) is 32.3 Å². The van der Waals surface area contributed by atoms with Crippen molar-refractivity contribution in [3.63, 3.8) is 0 Å². The first-order chi connectivity index (χ1) is 10.3. The molecule has 118 valence electrons. The van der Waals surface area contributed by atoms with Gasteiger partial charge in [0.15, 0.2) is 0 Å². The van der Waals surface area contributed by atoms with E-state index in [1.165, 1.54) is 0 Å². The number of amides is 1. The Labute approximate surface area is 134 Å². The summed E-state index contributed by atoms with van der Waals surface area (Å²) in [5.74, 6) is -0.320. The minimum Gasteiger partial charge on any atom is -0.387 e. The fourth-order valence-corrected chi connectivity index (χ4v) is 2.03. The van der Waals surface area contributed by atoms with Gasteiger partial charge in [0.25, 0.3) is 5.91 Å². The first-order valence-corrected chi connectivity index (χ1v) is 7.43. The van der Waals surface area contributed by atoms with Gasteiger partial charge in [0.05, 0.1) is 6.10 Å². The Balaban J connectivity index is 1.95. The molecule has 0 spiro atoms. The number of carbonyl (C=O) groups is 1. The monoisotopic (exact) mass is 321 g/mol. The van der Waals surface area contributed by atoms with E-state index in [1.54, 1.807) is 30.3 Å². The number of nitrogens with one attached hydrogen (secondary N) is 2. The summed E-state index contributed by atoms with van der Waals surface area (Å²) in [6, 6.07) is 8.58. The van der Waals surface area contributed by atoms with E-state index in [0.717, 1.165) is 5.69 Å². The van der Waals surface area contributed by atoms with Crippen LogP contribution in [0.4, 0.5) is 0 Å². The molecule has 0 aliphatic carbocycles. The largest absolute Gasteiger partial charge is 0.387 e. The lowest BCUT2D eigenvalue weighted by Gasteiger charge is -2.14. The summed E-state index contributed by atoms with van der Waals surface area (Å²) in [4.78, 5) is 12.0. The molecular formula is C16H20ClN3O2. The molecule has 0 aliphatic heterocycles. The van der Waals surface area contributed by atoms with E-state index < -0.39 is 6.10 Å². The van der Waals surface area contributed by atoms with Gasteiger partial charge in [0.2, 0.25) is 0 Å². The Morgan fingerprint density at radius 1 is 1.36 bits per heavy atom. The zero-order valence-corrected chi connectivity index (χ0v) is 13.6. The third-order valence-corrected chi connectivity index (χ3v) is 3.58. The number of carbonyl (C=O) groups excluding carboxylic acids is 1. The molecule has 0 bridgehead atoms. The van der Waals surface area contributed by atoms with Crippen LogP contribution in [0.15, 0.2) is 30.3 Å². The maximum Gasteiger partial charge on any atom is 0.271 e. The second-order valence-electron chi connectivity index (χ2n) is 6.19. The Hall–Kier alpha value is -1.85. The highest BCUT2D eigenvalue weighted by Gasteiger charge is 2.19. The second-order valence-corrected chi connectivity index (χ2v) is 6.63. The molecule has 22 heavy (non-hydrogen) atoms. The van der Waals surface area contributed by atoms with Crippen molar-refractivity contribution in [1.29, 1.82) is 0 Å². The smallest absolute Gasteiger partial charge is 0.271 e. The summed E-state index contributed by atoms with van der Waals surface area (Å²) in [7, 11) is 0. The summed E-state index contributed by atoms with van der Waals surface area (Å²) < 4.78 is 0. The topological polar surface area (TPSA) is 78.0 Å². The normalized spacial score (nSPS) is 13.0. The third-order valence-electron chi connectivity index (χ3n) is 3.33. The molecule has 1 amide bonds. The van der Waals surface area contributed by atoms with Gasteiger partial charge < -0.3 is 10.4 Å². The minimum absolute atomic E-state index is 0.103. The van der Waals surface area contributed by atoms with Crippen LogP contribution in [-0.2, 0) is 5.41 Å². The lowest BCUT2D eigenvalue weighted by molar-refractivity contribution is 0.0911. The van der Waals surface area contributed by atoms with Gasteiger partial charge in [-0.15, -0.1) is 0 Å². The van der Waals surface area contributed by atoms with E-state index in [-0.39, 0.29) is 17.9 Å². The van der Waals surface area contributed by atoms with Crippen molar-refractivity contribution in [2.24, 2.45) is 0 Å². The van der Waals surface area contributed by atoms with E-state index in [2.05, 4.69) is 15.5 Å². The molecule has 3 N–H and O–H groups in total. The quantitative estimate of drug-likeness (QED) is 0.810. The van der Waals surface area contributed by atoms with Crippen molar-refractivity contribution < 1.29 is 9.90 Å². The van der Waals surface area contributed by atoms with Gasteiger partial charge in [-0.2, -0.15) is 5.10 Å². The van der Waals surface area contributed by atoms with Crippen LogP contribution in [0.1, 0.15) is 48.6 Å². The molecule has 0 saturated heterocycles. The van der Waals surface area contributed by atoms with E-state index in [1.807, 2.05) is 20.8 Å². The number of aromatic nitrogens is 2. The highest BCUT2D eigenvalue weighted by molar-refractivity contribution is 6.30. The van der Waals surface area contributed by atoms with Gasteiger partial charge in [-0.05, 0) is 23.8 Å². The summed E-state index contributed by atoms with van der Waals surface area (Å²) >= 11 is 5.80. The van der Waals surface area contributed by atoms with Crippen molar-refractivity contribution in [2.75, 3.05) is 6.54 Å². The number of nitrogens with zero attached hydrogens (tertiary/aromatic N) is 1. The van der Waals surface area contributed by atoms with Crippen molar-refractivity contribution >= 4 is 17.5 Å². The summed E-state index contributed by atoms with van der Waals surface area (Å²) in [5, 5.41) is 20.2. The van der Waals surface area contributed by atoms with Crippen LogP contribution >= 0.6 is 11.6 Å². The molecule has 5 nitrogen and oxygen atoms in total. The lowest BCUT2D eigenvalue weighted by Crippen LogP contribution is -2.28. The molecule has 6 heteroatoms. The molecule has 1 unspecified atom stereocenters. The molecule has 1 aromatic heterocycles. The van der Waals surface area contributed by atoms with Gasteiger partial charge in [-0.3, -0.25) is 9.89 Å². The van der Waals surface area contributed by atoms with Gasteiger partial charge in [0, 0.05) is 22.7 Å². The summed E-state index contributed by atoms with van der Waals surface area (Å²) in [5.41, 5.74) is 1.79. The second kappa shape index (κ2) is 6.50. The number of aromatic amines is 1. The van der Waals surface area contributed by atoms with Crippen molar-refractivity contribution in [3.05, 3.63) is 52.3 Å². The highest BCUT2D eigenvalue weighted by atomic mass is 35.5. The molecule has 1 aromatic carbocycles. The van der Waals surface area contributed by atoms with E-state index >= 15 is 0 Å². The maximum atomic E-state index is 12.0. The number of halogens is 1. The maximum absolute atomic E-state index is 12.0. The molecule has 0 radical (unpaired) electrons. The highest BCUT2D eigenvalue weighted by Crippen LogP contribution is 2.20. The first kappa shape index (κ1) is 16.5. The number of aliphatic hydroxyl groups is 1. The Morgan fingerprint density at radius 3 is 2.55 bits per heavy atom. The van der Waals surface area contributed by atoms with Crippen LogP contribution in [0.25, 0.3) is 0 Å². The average molecular weight is 322 g/mol. The van der Waals surface area contributed by atoms with Crippen LogP contribution in [0.3, 0.4) is 0 Å². The van der Waals surface area contributed by atoms with Crippen LogP contribution in [0.5, 0.6) is 0 Å². The van der Waals surface area contributed by atoms with Crippen LogP contribution in [-0.4, -0.2) is 27.8 Å². The van der Waals surface area contributed by atoms with Gasteiger partial charge in [-0.1, -0.05) is 44.5 Å².